The van der Waals surface area contributed by atoms with Gasteiger partial charge in [0.15, 0.2) is 30.5 Å². The van der Waals surface area contributed by atoms with E-state index in [2.05, 4.69) is 20.1 Å². The largest absolute Gasteiger partial charge is 0.478 e. The quantitative estimate of drug-likeness (QED) is 0.265. The van der Waals surface area contributed by atoms with Gasteiger partial charge in [0, 0.05) is 23.6 Å². The zero-order chi connectivity index (χ0) is 30.5. The van der Waals surface area contributed by atoms with E-state index in [1.165, 1.54) is 32.4 Å². The highest BCUT2D eigenvalue weighted by molar-refractivity contribution is 6.00. The zero-order valence-electron chi connectivity index (χ0n) is 23.5. The van der Waals surface area contributed by atoms with E-state index in [0.29, 0.717) is 30.5 Å². The van der Waals surface area contributed by atoms with Crippen molar-refractivity contribution in [2.45, 2.75) is 25.7 Å². The Morgan fingerprint density at radius 1 is 0.810 bits per heavy atom. The van der Waals surface area contributed by atoms with Crippen molar-refractivity contribution in [3.8, 4) is 17.6 Å². The molecule has 3 rings (SSSR count). The fourth-order valence-corrected chi connectivity index (χ4v) is 4.38. The van der Waals surface area contributed by atoms with Crippen molar-refractivity contribution in [3.63, 3.8) is 0 Å². The van der Waals surface area contributed by atoms with Crippen molar-refractivity contribution in [2.75, 3.05) is 40.5 Å². The topological polar surface area (TPSA) is 170 Å². The number of amides is 2. The number of Topliss-reactive ketones (excluding diaryl/α,β-unsaturated/α-hetero) is 1. The molecule has 1 aliphatic carbocycles. The van der Waals surface area contributed by atoms with E-state index in [9.17, 15) is 24.0 Å². The smallest absolute Gasteiger partial charge is 0.343 e. The molecule has 0 heterocycles. The maximum absolute atomic E-state index is 12.8. The normalized spacial score (nSPS) is 15.8. The number of methoxy groups -OCH3 is 2. The molecule has 1 aliphatic rings. The summed E-state index contributed by atoms with van der Waals surface area (Å²) in [5.74, 6) is -1.92. The summed E-state index contributed by atoms with van der Waals surface area (Å²) < 4.78 is 19.9. The lowest BCUT2D eigenvalue weighted by Gasteiger charge is -2.27. The number of nitrogens with zero attached hydrogens (tertiary/aromatic N) is 1. The Kier molecular flexibility index (Phi) is 11.9. The Hall–Kier alpha value is -4.92. The molecule has 1 fully saturated rings. The third kappa shape index (κ3) is 9.33. The van der Waals surface area contributed by atoms with E-state index in [1.807, 2.05) is 6.07 Å². The summed E-state index contributed by atoms with van der Waals surface area (Å²) in [5.41, 5.74) is 1.18. The Balaban J connectivity index is 1.47. The fourth-order valence-electron chi connectivity index (χ4n) is 4.38. The summed E-state index contributed by atoms with van der Waals surface area (Å²) >= 11 is 0. The van der Waals surface area contributed by atoms with Gasteiger partial charge in [0.25, 0.3) is 5.91 Å². The maximum atomic E-state index is 12.8. The second-order valence-electron chi connectivity index (χ2n) is 9.65. The van der Waals surface area contributed by atoms with Gasteiger partial charge in [-0.2, -0.15) is 5.26 Å². The van der Waals surface area contributed by atoms with Crippen LogP contribution in [0.5, 0.6) is 11.5 Å². The summed E-state index contributed by atoms with van der Waals surface area (Å²) in [6.07, 6.45) is 2.78. The lowest BCUT2D eigenvalue weighted by Crippen LogP contribution is -2.38. The van der Waals surface area contributed by atoms with Gasteiger partial charge >= 0.3 is 11.9 Å². The van der Waals surface area contributed by atoms with Crippen molar-refractivity contribution in [3.05, 3.63) is 59.2 Å². The van der Waals surface area contributed by atoms with Gasteiger partial charge in [0.05, 0.1) is 32.4 Å². The van der Waals surface area contributed by atoms with Crippen LogP contribution < -0.4 is 20.1 Å². The molecule has 0 bridgehead atoms. The lowest BCUT2D eigenvalue weighted by molar-refractivity contribution is -0.144. The van der Waals surface area contributed by atoms with E-state index in [0.717, 1.165) is 12.8 Å². The molecule has 0 aromatic heterocycles. The van der Waals surface area contributed by atoms with Crippen LogP contribution in [0.4, 0.5) is 0 Å². The molecule has 12 heteroatoms. The van der Waals surface area contributed by atoms with Gasteiger partial charge in [-0.1, -0.05) is 0 Å². The third-order valence-electron chi connectivity index (χ3n) is 6.88. The number of nitrogens with one attached hydrogen (secondary N) is 2. The molecule has 42 heavy (non-hydrogen) atoms. The number of hydrogen-bond donors (Lipinski definition) is 2. The molecule has 0 saturated heterocycles. The van der Waals surface area contributed by atoms with E-state index in [4.69, 9.17) is 14.7 Å². The molecule has 2 aromatic carbocycles. The van der Waals surface area contributed by atoms with Crippen LogP contribution in [-0.4, -0.2) is 70.1 Å². The van der Waals surface area contributed by atoms with Crippen LogP contribution in [0, 0.1) is 23.2 Å². The molecular weight excluding hydrogens is 546 g/mol. The van der Waals surface area contributed by atoms with E-state index in [-0.39, 0.29) is 53.0 Å². The van der Waals surface area contributed by atoms with Gasteiger partial charge in [-0.15, -0.1) is 0 Å². The van der Waals surface area contributed by atoms with Gasteiger partial charge in [-0.05, 0) is 74.1 Å². The second-order valence-corrected chi connectivity index (χ2v) is 9.65. The van der Waals surface area contributed by atoms with Crippen LogP contribution in [0.15, 0.2) is 42.5 Å². The summed E-state index contributed by atoms with van der Waals surface area (Å²) in [4.78, 5) is 60.9. The third-order valence-corrected chi connectivity index (χ3v) is 6.88. The highest BCUT2D eigenvalue weighted by Gasteiger charge is 2.27. The van der Waals surface area contributed by atoms with Gasteiger partial charge < -0.3 is 29.6 Å². The highest BCUT2D eigenvalue weighted by atomic mass is 16.6. The standard InChI is InChI=1S/C30H33N3O9/c1-39-27(35)17-41-25-12-11-23(13-26(25)42-18-28(36)40-2)24(34)16-33-30(38)22-9-5-20(6-10-22)15-32-29(37)21-7-3-19(14-31)4-8-21/h3-4,7-8,11-13,20,22H,5-6,9-10,15-18H2,1-2H3,(H,32,37)(H,33,38). The number of ether oxygens (including phenoxy) is 4. The monoisotopic (exact) mass is 579 g/mol. The molecule has 2 N–H and O–H groups in total. The van der Waals surface area contributed by atoms with Crippen molar-refractivity contribution in [2.24, 2.45) is 11.8 Å². The van der Waals surface area contributed by atoms with Gasteiger partial charge in [0.2, 0.25) is 5.91 Å². The summed E-state index contributed by atoms with van der Waals surface area (Å²) in [5, 5.41) is 14.5. The molecular formula is C30H33N3O9. The Labute approximate surface area is 243 Å². The minimum Gasteiger partial charge on any atom is -0.478 e. The van der Waals surface area contributed by atoms with Crippen LogP contribution in [0.25, 0.3) is 0 Å². The number of benzene rings is 2. The number of nitriles is 1. The highest BCUT2D eigenvalue weighted by Crippen LogP contribution is 2.30. The minimum atomic E-state index is -0.652. The van der Waals surface area contributed by atoms with Crippen LogP contribution in [0.1, 0.15) is 52.0 Å². The Morgan fingerprint density at radius 3 is 2.00 bits per heavy atom. The first-order valence-electron chi connectivity index (χ1n) is 13.4. The van der Waals surface area contributed by atoms with Gasteiger partial charge in [-0.25, -0.2) is 9.59 Å². The number of ketones is 1. The van der Waals surface area contributed by atoms with Crippen LogP contribution in [-0.2, 0) is 23.9 Å². The zero-order valence-corrected chi connectivity index (χ0v) is 23.5. The molecule has 222 valence electrons. The molecule has 12 nitrogen and oxygen atoms in total. The number of rotatable bonds is 13. The SMILES string of the molecule is COC(=O)COc1ccc(C(=O)CNC(=O)C2CCC(CNC(=O)c3ccc(C#N)cc3)CC2)cc1OCC(=O)OC. The minimum absolute atomic E-state index is 0.0473. The first kappa shape index (κ1) is 31.6. The number of carbonyl (C=O) groups is 5. The molecule has 0 unspecified atom stereocenters. The predicted octanol–water partition coefficient (Wildman–Crippen LogP) is 2.20. The van der Waals surface area contributed by atoms with Crippen molar-refractivity contribution < 1.29 is 42.9 Å². The Bertz CT molecular complexity index is 1330. The van der Waals surface area contributed by atoms with Gasteiger partial charge in [-0.3, -0.25) is 14.4 Å². The molecule has 0 aliphatic heterocycles. The maximum Gasteiger partial charge on any atom is 0.343 e. The number of hydrogen-bond acceptors (Lipinski definition) is 10. The van der Waals surface area contributed by atoms with E-state index >= 15 is 0 Å². The fraction of sp³-hybridized carbons (Fsp3) is 0.400. The summed E-state index contributed by atoms with van der Waals surface area (Å²) in [6, 6.07) is 12.7. The molecule has 1 saturated carbocycles. The average Bonchev–Trinajstić information content (AvgIpc) is 3.03. The average molecular weight is 580 g/mol. The molecule has 2 amide bonds. The second kappa shape index (κ2) is 15.8. The first-order chi connectivity index (χ1) is 20.2. The molecule has 2 aromatic rings. The van der Waals surface area contributed by atoms with Gasteiger partial charge in [0.1, 0.15) is 0 Å². The molecule has 0 atom stereocenters. The van der Waals surface area contributed by atoms with Crippen molar-refractivity contribution in [1.82, 2.24) is 10.6 Å². The Morgan fingerprint density at radius 2 is 1.40 bits per heavy atom. The van der Waals surface area contributed by atoms with Crippen molar-refractivity contribution >= 4 is 29.5 Å². The summed E-state index contributed by atoms with van der Waals surface area (Å²) in [7, 11) is 2.41. The summed E-state index contributed by atoms with van der Waals surface area (Å²) in [6.45, 7) is -0.592. The van der Waals surface area contributed by atoms with Crippen LogP contribution in [0.3, 0.4) is 0 Å². The number of esters is 2. The van der Waals surface area contributed by atoms with E-state index in [1.54, 1.807) is 24.3 Å². The van der Waals surface area contributed by atoms with Crippen LogP contribution in [0.2, 0.25) is 0 Å². The number of carbonyl (C=O) groups excluding carboxylic acids is 5. The van der Waals surface area contributed by atoms with Crippen LogP contribution >= 0.6 is 0 Å². The predicted molar refractivity (Wildman–Crippen MR) is 148 cm³/mol. The van der Waals surface area contributed by atoms with Crippen molar-refractivity contribution in [1.29, 1.82) is 5.26 Å². The first-order valence-corrected chi connectivity index (χ1v) is 13.4. The van der Waals surface area contributed by atoms with E-state index < -0.39 is 25.2 Å². The lowest BCUT2D eigenvalue weighted by atomic mass is 9.81. The molecule has 0 radical (unpaired) electrons. The molecule has 0 spiro atoms.